The number of benzene rings is 1. The van der Waals surface area contributed by atoms with E-state index in [0.717, 1.165) is 35.4 Å². The van der Waals surface area contributed by atoms with Crippen LogP contribution in [0, 0.1) is 0 Å². The maximum Gasteiger partial charge on any atom is 0.330 e. The Labute approximate surface area is 268 Å². The standard InChI is InChI=1S/C32H44N2O12/c1-5-29(39)43-19-25(35)15-33(16-26(36)20-44-30(40)6-2)13-23-10-9-11-24(12-23)14-34(17-27(37)21-45-31(41)7-3)18-28(38)22-46-32(42)8-4/h5-12,25-28,35-38H,1-4,13-22H2. The van der Waals surface area contributed by atoms with Crippen LogP contribution in [0.15, 0.2) is 74.9 Å². The van der Waals surface area contributed by atoms with Crippen molar-refractivity contribution in [1.29, 1.82) is 0 Å². The fourth-order valence-electron chi connectivity index (χ4n) is 4.10. The maximum atomic E-state index is 11.4. The summed E-state index contributed by atoms with van der Waals surface area (Å²) in [6, 6.07) is 7.23. The number of rotatable bonds is 24. The molecule has 14 nitrogen and oxygen atoms in total. The Morgan fingerprint density at radius 3 is 1.07 bits per heavy atom. The number of aliphatic hydroxyl groups excluding tert-OH is 4. The van der Waals surface area contributed by atoms with E-state index in [0.29, 0.717) is 0 Å². The van der Waals surface area contributed by atoms with Crippen molar-refractivity contribution in [2.45, 2.75) is 37.5 Å². The lowest BCUT2D eigenvalue weighted by Crippen LogP contribution is -2.41. The van der Waals surface area contributed by atoms with Gasteiger partial charge in [0, 0.05) is 63.6 Å². The monoisotopic (exact) mass is 648 g/mol. The van der Waals surface area contributed by atoms with E-state index in [9.17, 15) is 39.6 Å². The van der Waals surface area contributed by atoms with Crippen LogP contribution in [0.5, 0.6) is 0 Å². The van der Waals surface area contributed by atoms with Gasteiger partial charge in [-0.25, -0.2) is 19.2 Å². The largest absolute Gasteiger partial charge is 0.460 e. The average molecular weight is 649 g/mol. The third-order valence-corrected chi connectivity index (χ3v) is 6.02. The van der Waals surface area contributed by atoms with Gasteiger partial charge in [0.15, 0.2) is 0 Å². The lowest BCUT2D eigenvalue weighted by Gasteiger charge is -2.28. The summed E-state index contributed by atoms with van der Waals surface area (Å²) in [5.74, 6) is -2.81. The van der Waals surface area contributed by atoms with Crippen molar-refractivity contribution in [2.75, 3.05) is 52.6 Å². The van der Waals surface area contributed by atoms with Crippen molar-refractivity contribution in [2.24, 2.45) is 0 Å². The van der Waals surface area contributed by atoms with Crippen LogP contribution in [0.3, 0.4) is 0 Å². The number of aliphatic hydroxyl groups is 4. The smallest absolute Gasteiger partial charge is 0.330 e. The molecule has 0 radical (unpaired) electrons. The SMILES string of the molecule is C=CC(=O)OCC(O)CN(Cc1cccc(CN(CC(O)COC(=O)C=C)CC(O)COC(=O)C=C)c1)CC(O)COC(=O)C=C. The predicted octanol–water partition coefficient (Wildman–Crippen LogP) is -0.349. The first-order valence-corrected chi connectivity index (χ1v) is 14.3. The molecule has 0 aliphatic carbocycles. The van der Waals surface area contributed by atoms with Crippen LogP contribution >= 0.6 is 0 Å². The third-order valence-electron chi connectivity index (χ3n) is 6.02. The summed E-state index contributed by atoms with van der Waals surface area (Å²) in [5.41, 5.74) is 1.51. The highest BCUT2D eigenvalue weighted by Crippen LogP contribution is 2.14. The summed E-state index contributed by atoms with van der Waals surface area (Å²) in [7, 11) is 0. The third kappa shape index (κ3) is 17.9. The molecule has 0 amide bonds. The van der Waals surface area contributed by atoms with Gasteiger partial charge in [0.25, 0.3) is 0 Å². The van der Waals surface area contributed by atoms with Crippen LogP contribution in [0.25, 0.3) is 0 Å². The number of nitrogens with zero attached hydrogens (tertiary/aromatic N) is 2. The molecule has 46 heavy (non-hydrogen) atoms. The number of carbonyl (C=O) groups excluding carboxylic acids is 4. The molecule has 0 spiro atoms. The second kappa shape index (κ2) is 22.3. The van der Waals surface area contributed by atoms with Crippen molar-refractivity contribution in [3.05, 3.63) is 86.0 Å². The number of carbonyl (C=O) groups is 4. The van der Waals surface area contributed by atoms with E-state index in [-0.39, 0.29) is 65.7 Å². The van der Waals surface area contributed by atoms with Gasteiger partial charge in [-0.2, -0.15) is 0 Å². The molecule has 4 unspecified atom stereocenters. The number of hydrogen-bond donors (Lipinski definition) is 4. The molecule has 4 atom stereocenters. The molecule has 1 aromatic carbocycles. The first-order chi connectivity index (χ1) is 21.9. The van der Waals surface area contributed by atoms with Gasteiger partial charge in [-0.3, -0.25) is 9.80 Å². The van der Waals surface area contributed by atoms with Gasteiger partial charge in [0.05, 0.1) is 0 Å². The van der Waals surface area contributed by atoms with Crippen LogP contribution < -0.4 is 0 Å². The van der Waals surface area contributed by atoms with Gasteiger partial charge in [0.2, 0.25) is 0 Å². The number of esters is 4. The van der Waals surface area contributed by atoms with Crippen molar-refractivity contribution < 1.29 is 58.6 Å². The highest BCUT2D eigenvalue weighted by Gasteiger charge is 2.21. The number of ether oxygens (including phenoxy) is 4. The molecule has 14 heteroatoms. The molecule has 0 heterocycles. The topological polar surface area (TPSA) is 193 Å². The highest BCUT2D eigenvalue weighted by atomic mass is 16.6. The van der Waals surface area contributed by atoms with Crippen LogP contribution in [0.4, 0.5) is 0 Å². The molecule has 1 rings (SSSR count). The molecule has 0 saturated carbocycles. The summed E-state index contributed by atoms with van der Waals surface area (Å²) in [6.45, 7) is 12.4. The molecule has 254 valence electrons. The van der Waals surface area contributed by atoms with Crippen molar-refractivity contribution >= 4 is 23.9 Å². The van der Waals surface area contributed by atoms with Gasteiger partial charge in [-0.1, -0.05) is 50.6 Å². The molecular weight excluding hydrogens is 604 g/mol. The van der Waals surface area contributed by atoms with E-state index in [1.807, 2.05) is 18.2 Å². The number of hydrogen-bond acceptors (Lipinski definition) is 14. The Balaban J connectivity index is 3.08. The van der Waals surface area contributed by atoms with Crippen LogP contribution in [-0.2, 0) is 51.2 Å². The van der Waals surface area contributed by atoms with Crippen molar-refractivity contribution in [3.8, 4) is 0 Å². The predicted molar refractivity (Wildman–Crippen MR) is 166 cm³/mol. The minimum atomic E-state index is -1.11. The van der Waals surface area contributed by atoms with E-state index in [4.69, 9.17) is 18.9 Å². The maximum absolute atomic E-state index is 11.4. The molecule has 1 aromatic rings. The highest BCUT2D eigenvalue weighted by molar-refractivity contribution is 5.82. The fourth-order valence-corrected chi connectivity index (χ4v) is 4.10. The quantitative estimate of drug-likeness (QED) is 0.0646. The normalized spacial score (nSPS) is 13.5. The average Bonchev–Trinajstić information content (AvgIpc) is 3.03. The second-order valence-corrected chi connectivity index (χ2v) is 10.2. The van der Waals surface area contributed by atoms with E-state index in [2.05, 4.69) is 26.3 Å². The molecule has 0 aliphatic heterocycles. The lowest BCUT2D eigenvalue weighted by atomic mass is 10.1. The van der Waals surface area contributed by atoms with Crippen molar-refractivity contribution in [1.82, 2.24) is 9.80 Å². The summed E-state index contributed by atoms with van der Waals surface area (Å²) >= 11 is 0. The van der Waals surface area contributed by atoms with Crippen LogP contribution in [0.1, 0.15) is 11.1 Å². The zero-order chi connectivity index (χ0) is 34.5. The Hall–Kier alpha value is -4.18. The Morgan fingerprint density at radius 1 is 0.565 bits per heavy atom. The minimum absolute atomic E-state index is 0.0154. The van der Waals surface area contributed by atoms with Gasteiger partial charge in [0.1, 0.15) is 50.8 Å². The molecule has 0 bridgehead atoms. The lowest BCUT2D eigenvalue weighted by molar-refractivity contribution is -0.142. The zero-order valence-electron chi connectivity index (χ0n) is 25.8. The molecule has 0 aromatic heterocycles. The minimum Gasteiger partial charge on any atom is -0.460 e. The summed E-state index contributed by atoms with van der Waals surface area (Å²) in [4.78, 5) is 49.0. The molecule has 0 saturated heterocycles. The second-order valence-electron chi connectivity index (χ2n) is 10.2. The first-order valence-electron chi connectivity index (χ1n) is 14.3. The summed E-state index contributed by atoms with van der Waals surface area (Å²) < 4.78 is 19.7. The molecular formula is C32H44N2O12. The van der Waals surface area contributed by atoms with Gasteiger partial charge < -0.3 is 39.4 Å². The first kappa shape index (κ1) is 39.8. The van der Waals surface area contributed by atoms with E-state index < -0.39 is 48.3 Å². The van der Waals surface area contributed by atoms with Gasteiger partial charge in [-0.15, -0.1) is 0 Å². The molecule has 0 fully saturated rings. The Bertz CT molecular complexity index is 1020. The van der Waals surface area contributed by atoms with Gasteiger partial charge >= 0.3 is 23.9 Å². The van der Waals surface area contributed by atoms with Crippen LogP contribution in [-0.4, -0.2) is 131 Å². The summed E-state index contributed by atoms with van der Waals surface area (Å²) in [5, 5.41) is 41.9. The Morgan fingerprint density at radius 2 is 0.826 bits per heavy atom. The van der Waals surface area contributed by atoms with Gasteiger partial charge in [-0.05, 0) is 11.1 Å². The zero-order valence-corrected chi connectivity index (χ0v) is 25.8. The summed E-state index contributed by atoms with van der Waals surface area (Å²) in [6.07, 6.45) is -0.573. The van der Waals surface area contributed by atoms with Crippen LogP contribution in [0.2, 0.25) is 0 Å². The fraction of sp³-hybridized carbons (Fsp3) is 0.438. The van der Waals surface area contributed by atoms with E-state index in [1.165, 1.54) is 0 Å². The van der Waals surface area contributed by atoms with E-state index in [1.54, 1.807) is 15.9 Å². The molecule has 4 N–H and O–H groups in total. The Kier molecular flexibility index (Phi) is 19.4. The molecule has 0 aliphatic rings. The van der Waals surface area contributed by atoms with Crippen molar-refractivity contribution in [3.63, 3.8) is 0 Å². The van der Waals surface area contributed by atoms with E-state index >= 15 is 0 Å².